The number of likely N-dealkylation sites (tertiary alicyclic amines) is 1. The number of carbonyl (C=O) groups excluding carboxylic acids is 1. The van der Waals surface area contributed by atoms with Gasteiger partial charge in [-0.15, -0.1) is 11.3 Å². The minimum Gasteiger partial charge on any atom is -0.350 e. The van der Waals surface area contributed by atoms with E-state index in [0.717, 1.165) is 24.2 Å². The second-order valence-corrected chi connectivity index (χ2v) is 6.78. The first kappa shape index (κ1) is 15.3. The molecule has 4 heteroatoms. The van der Waals surface area contributed by atoms with Gasteiger partial charge in [-0.25, -0.2) is 0 Å². The Balaban J connectivity index is 1.69. The summed E-state index contributed by atoms with van der Waals surface area (Å²) in [5.41, 5.74) is 1.79. The molecule has 0 unspecified atom stereocenters. The van der Waals surface area contributed by atoms with Crippen molar-refractivity contribution in [2.75, 3.05) is 19.6 Å². The first-order valence-corrected chi connectivity index (χ1v) is 8.75. The van der Waals surface area contributed by atoms with Gasteiger partial charge in [0.25, 0.3) is 5.91 Å². The number of hydrogen-bond acceptors (Lipinski definition) is 3. The Morgan fingerprint density at radius 2 is 2.00 bits per heavy atom. The van der Waals surface area contributed by atoms with Crippen LogP contribution >= 0.6 is 11.3 Å². The molecule has 1 fully saturated rings. The van der Waals surface area contributed by atoms with Gasteiger partial charge in [-0.2, -0.15) is 0 Å². The van der Waals surface area contributed by atoms with Gasteiger partial charge >= 0.3 is 0 Å². The first-order valence-electron chi connectivity index (χ1n) is 7.87. The van der Waals surface area contributed by atoms with Crippen LogP contribution in [0.3, 0.4) is 0 Å². The summed E-state index contributed by atoms with van der Waals surface area (Å²) >= 11 is 1.78. The van der Waals surface area contributed by atoms with E-state index < -0.39 is 0 Å². The third-order valence-corrected chi connectivity index (χ3v) is 5.27. The fraction of sp³-hybridized carbons (Fsp3) is 0.389. The number of aryl methyl sites for hydroxylation is 1. The van der Waals surface area contributed by atoms with Gasteiger partial charge in [0.15, 0.2) is 0 Å². The number of hydrogen-bond donors (Lipinski definition) is 1. The van der Waals surface area contributed by atoms with Crippen LogP contribution in [0, 0.1) is 6.92 Å². The maximum atomic E-state index is 12.4. The summed E-state index contributed by atoms with van der Waals surface area (Å²) in [5, 5.41) is 5.24. The van der Waals surface area contributed by atoms with E-state index in [-0.39, 0.29) is 5.91 Å². The molecular weight excluding hydrogens is 292 g/mol. The predicted octanol–water partition coefficient (Wildman–Crippen LogP) is 3.62. The average molecular weight is 314 g/mol. The van der Waals surface area contributed by atoms with Gasteiger partial charge in [0.1, 0.15) is 0 Å². The normalized spacial score (nSPS) is 16.6. The van der Waals surface area contributed by atoms with E-state index in [1.54, 1.807) is 11.3 Å². The van der Waals surface area contributed by atoms with Crippen LogP contribution in [0.5, 0.6) is 0 Å². The summed E-state index contributed by atoms with van der Waals surface area (Å²) in [5.74, 6) is 0.0267. The Hall–Kier alpha value is -1.65. The summed E-state index contributed by atoms with van der Waals surface area (Å²) in [7, 11) is 0. The topological polar surface area (TPSA) is 32.3 Å². The minimum absolute atomic E-state index is 0.0267. The van der Waals surface area contributed by atoms with Gasteiger partial charge in [-0.05, 0) is 55.9 Å². The van der Waals surface area contributed by atoms with Crippen LogP contribution in [0.25, 0.3) is 0 Å². The molecule has 0 spiro atoms. The molecule has 1 aromatic heterocycles. The number of benzene rings is 1. The van der Waals surface area contributed by atoms with Gasteiger partial charge < -0.3 is 5.32 Å². The average Bonchev–Trinajstić information content (AvgIpc) is 3.21. The van der Waals surface area contributed by atoms with E-state index >= 15 is 0 Å². The molecule has 0 aliphatic carbocycles. The highest BCUT2D eigenvalue weighted by atomic mass is 32.1. The molecule has 0 radical (unpaired) electrons. The zero-order chi connectivity index (χ0) is 15.4. The monoisotopic (exact) mass is 314 g/mol. The number of thiophene rings is 1. The Morgan fingerprint density at radius 1 is 1.23 bits per heavy atom. The molecule has 22 heavy (non-hydrogen) atoms. The maximum absolute atomic E-state index is 12.4. The molecule has 3 rings (SSSR count). The SMILES string of the molecule is Cc1ccccc1C(=O)NC[C@H](c1cccs1)N1CCCC1. The highest BCUT2D eigenvalue weighted by Crippen LogP contribution is 2.27. The third-order valence-electron chi connectivity index (χ3n) is 4.30. The summed E-state index contributed by atoms with van der Waals surface area (Å²) < 4.78 is 0. The smallest absolute Gasteiger partial charge is 0.251 e. The Bertz CT molecular complexity index is 618. The van der Waals surface area contributed by atoms with Crippen molar-refractivity contribution in [3.05, 3.63) is 57.8 Å². The van der Waals surface area contributed by atoms with E-state index in [2.05, 4.69) is 27.7 Å². The number of amides is 1. The molecular formula is C18H22N2OS. The van der Waals surface area contributed by atoms with E-state index in [4.69, 9.17) is 0 Å². The van der Waals surface area contributed by atoms with E-state index in [9.17, 15) is 4.79 Å². The lowest BCUT2D eigenvalue weighted by molar-refractivity contribution is 0.0938. The molecule has 1 saturated heterocycles. The molecule has 0 saturated carbocycles. The summed E-state index contributed by atoms with van der Waals surface area (Å²) in [4.78, 5) is 16.3. The van der Waals surface area contributed by atoms with Crippen LogP contribution in [-0.2, 0) is 0 Å². The molecule has 3 nitrogen and oxygen atoms in total. The fourth-order valence-corrected chi connectivity index (χ4v) is 3.92. The Labute approximate surface area is 136 Å². The zero-order valence-corrected chi connectivity index (χ0v) is 13.7. The number of carbonyl (C=O) groups is 1. The molecule has 1 aromatic carbocycles. The lowest BCUT2D eigenvalue weighted by Gasteiger charge is -2.27. The second kappa shape index (κ2) is 7.07. The van der Waals surface area contributed by atoms with Gasteiger partial charge in [0.05, 0.1) is 6.04 Å². The summed E-state index contributed by atoms with van der Waals surface area (Å²) in [6, 6.07) is 12.3. The summed E-state index contributed by atoms with van der Waals surface area (Å²) in [6.45, 7) is 4.91. The first-order chi connectivity index (χ1) is 10.8. The van der Waals surface area contributed by atoms with Gasteiger partial charge in [0.2, 0.25) is 0 Å². The van der Waals surface area contributed by atoms with Crippen LogP contribution in [-0.4, -0.2) is 30.4 Å². The minimum atomic E-state index is 0.0267. The van der Waals surface area contributed by atoms with Crippen molar-refractivity contribution >= 4 is 17.2 Å². The van der Waals surface area contributed by atoms with E-state index in [0.29, 0.717) is 12.6 Å². The molecule has 2 aromatic rings. The molecule has 1 amide bonds. The molecule has 1 aliphatic rings. The zero-order valence-electron chi connectivity index (χ0n) is 12.9. The van der Waals surface area contributed by atoms with Crippen LogP contribution in [0.15, 0.2) is 41.8 Å². The van der Waals surface area contributed by atoms with Crippen molar-refractivity contribution in [2.24, 2.45) is 0 Å². The number of rotatable bonds is 5. The highest BCUT2D eigenvalue weighted by Gasteiger charge is 2.24. The van der Waals surface area contributed by atoms with Crippen LogP contribution in [0.4, 0.5) is 0 Å². The van der Waals surface area contributed by atoms with Gasteiger partial charge in [-0.1, -0.05) is 24.3 Å². The van der Waals surface area contributed by atoms with Crippen molar-refractivity contribution < 1.29 is 4.79 Å². The standard InChI is InChI=1S/C18H22N2OS/c1-14-7-2-3-8-15(14)18(21)19-13-16(17-9-6-12-22-17)20-10-4-5-11-20/h2-3,6-9,12,16H,4-5,10-11,13H2,1H3,(H,19,21)/t16-/m1/s1. The molecule has 1 N–H and O–H groups in total. The van der Waals surface area contributed by atoms with Crippen molar-refractivity contribution in [1.82, 2.24) is 10.2 Å². The highest BCUT2D eigenvalue weighted by molar-refractivity contribution is 7.10. The summed E-state index contributed by atoms with van der Waals surface area (Å²) in [6.07, 6.45) is 2.52. The van der Waals surface area contributed by atoms with Crippen molar-refractivity contribution in [3.63, 3.8) is 0 Å². The Kier molecular flexibility index (Phi) is 4.90. The van der Waals surface area contributed by atoms with Crippen LogP contribution < -0.4 is 5.32 Å². The third kappa shape index (κ3) is 3.39. The fourth-order valence-electron chi connectivity index (χ4n) is 3.06. The van der Waals surface area contributed by atoms with E-state index in [1.165, 1.54) is 17.7 Å². The lowest BCUT2D eigenvalue weighted by Crippen LogP contribution is -2.36. The number of nitrogens with zero attached hydrogens (tertiary/aromatic N) is 1. The molecule has 116 valence electrons. The lowest BCUT2D eigenvalue weighted by atomic mass is 10.1. The molecule has 1 atom stereocenters. The largest absolute Gasteiger partial charge is 0.350 e. The van der Waals surface area contributed by atoms with Crippen molar-refractivity contribution in [2.45, 2.75) is 25.8 Å². The van der Waals surface area contributed by atoms with Crippen LogP contribution in [0.2, 0.25) is 0 Å². The van der Waals surface area contributed by atoms with Crippen molar-refractivity contribution in [1.29, 1.82) is 0 Å². The maximum Gasteiger partial charge on any atom is 0.251 e. The molecule has 2 heterocycles. The van der Waals surface area contributed by atoms with Gasteiger partial charge in [0, 0.05) is 17.0 Å². The molecule has 1 aliphatic heterocycles. The van der Waals surface area contributed by atoms with Crippen molar-refractivity contribution in [3.8, 4) is 0 Å². The number of nitrogens with one attached hydrogen (secondary N) is 1. The van der Waals surface area contributed by atoms with E-state index in [1.807, 2.05) is 31.2 Å². The quantitative estimate of drug-likeness (QED) is 0.914. The Morgan fingerprint density at radius 3 is 2.68 bits per heavy atom. The molecule has 0 bridgehead atoms. The van der Waals surface area contributed by atoms with Crippen LogP contribution in [0.1, 0.15) is 39.7 Å². The second-order valence-electron chi connectivity index (χ2n) is 5.80. The van der Waals surface area contributed by atoms with Gasteiger partial charge in [-0.3, -0.25) is 9.69 Å². The predicted molar refractivity (Wildman–Crippen MR) is 91.4 cm³/mol.